The second-order valence-corrected chi connectivity index (χ2v) is 8.26. The van der Waals surface area contributed by atoms with Gasteiger partial charge >= 0.3 is 6.03 Å². The highest BCUT2D eigenvalue weighted by Gasteiger charge is 2.46. The molecule has 2 aromatic carbocycles. The molecule has 0 bridgehead atoms. The van der Waals surface area contributed by atoms with Crippen molar-refractivity contribution in [2.75, 3.05) is 30.5 Å². The molecular formula is C25H31N3O5. The summed E-state index contributed by atoms with van der Waals surface area (Å²) in [6.07, 6.45) is 0.596. The number of nitrogens with zero attached hydrogens (tertiary/aromatic N) is 2. The van der Waals surface area contributed by atoms with E-state index >= 15 is 0 Å². The molecule has 1 aliphatic heterocycles. The number of anilines is 2. The summed E-state index contributed by atoms with van der Waals surface area (Å²) in [5.74, 6) is 0.836. The third-order valence-electron chi connectivity index (χ3n) is 5.41. The van der Waals surface area contributed by atoms with Gasteiger partial charge in [0, 0.05) is 18.3 Å². The average molecular weight is 454 g/mol. The summed E-state index contributed by atoms with van der Waals surface area (Å²) in [6.45, 7) is 6.95. The standard InChI is InChI=1S/C25H31N3O5/c1-5-33-20-11-9-18(10-12-20)26-23(29)16-22-24(30)28(19-7-6-8-21(15-19)32-4)25(31)27(22)14-13-17(2)3/h6-12,15,17,22H,5,13-14,16H2,1-4H3,(H,26,29)/t22-/m0/s1. The Hall–Kier alpha value is -3.55. The van der Waals surface area contributed by atoms with Crippen molar-refractivity contribution in [1.82, 2.24) is 4.90 Å². The molecule has 0 spiro atoms. The van der Waals surface area contributed by atoms with Gasteiger partial charge in [0.15, 0.2) is 0 Å². The molecule has 4 amide bonds. The monoisotopic (exact) mass is 453 g/mol. The van der Waals surface area contributed by atoms with Gasteiger partial charge in [0.25, 0.3) is 5.91 Å². The highest BCUT2D eigenvalue weighted by molar-refractivity contribution is 6.22. The fourth-order valence-corrected chi connectivity index (χ4v) is 3.66. The lowest BCUT2D eigenvalue weighted by Gasteiger charge is -2.22. The lowest BCUT2D eigenvalue weighted by atomic mass is 10.1. The quantitative estimate of drug-likeness (QED) is 0.542. The molecule has 0 unspecified atom stereocenters. The third-order valence-corrected chi connectivity index (χ3v) is 5.41. The van der Waals surface area contributed by atoms with Gasteiger partial charge in [-0.05, 0) is 55.7 Å². The second kappa shape index (κ2) is 10.8. The van der Waals surface area contributed by atoms with Gasteiger partial charge in [-0.25, -0.2) is 9.69 Å². The van der Waals surface area contributed by atoms with Crippen molar-refractivity contribution in [3.63, 3.8) is 0 Å². The molecule has 1 heterocycles. The maximum absolute atomic E-state index is 13.3. The van der Waals surface area contributed by atoms with Gasteiger partial charge in [0.1, 0.15) is 17.5 Å². The van der Waals surface area contributed by atoms with Crippen LogP contribution in [-0.2, 0) is 9.59 Å². The molecule has 0 saturated carbocycles. The highest BCUT2D eigenvalue weighted by atomic mass is 16.5. The number of benzene rings is 2. The molecule has 2 aromatic rings. The fraction of sp³-hybridized carbons (Fsp3) is 0.400. The summed E-state index contributed by atoms with van der Waals surface area (Å²) in [4.78, 5) is 41.9. The van der Waals surface area contributed by atoms with Crippen LogP contribution in [0.5, 0.6) is 11.5 Å². The molecule has 1 aliphatic rings. The Morgan fingerprint density at radius 3 is 2.45 bits per heavy atom. The predicted octanol–water partition coefficient (Wildman–Crippen LogP) is 4.31. The summed E-state index contributed by atoms with van der Waals surface area (Å²) < 4.78 is 10.7. The first-order chi connectivity index (χ1) is 15.8. The average Bonchev–Trinajstić information content (AvgIpc) is 3.02. The van der Waals surface area contributed by atoms with Gasteiger partial charge < -0.3 is 19.7 Å². The lowest BCUT2D eigenvalue weighted by Crippen LogP contribution is -2.39. The largest absolute Gasteiger partial charge is 0.497 e. The number of carbonyl (C=O) groups excluding carboxylic acids is 3. The second-order valence-electron chi connectivity index (χ2n) is 8.26. The van der Waals surface area contributed by atoms with E-state index in [0.29, 0.717) is 41.9 Å². The molecule has 8 heteroatoms. The fourth-order valence-electron chi connectivity index (χ4n) is 3.66. The van der Waals surface area contributed by atoms with Crippen molar-refractivity contribution in [1.29, 1.82) is 0 Å². The van der Waals surface area contributed by atoms with Crippen LogP contribution in [0.1, 0.15) is 33.6 Å². The van der Waals surface area contributed by atoms with Gasteiger partial charge in [0.2, 0.25) is 5.91 Å². The Morgan fingerprint density at radius 1 is 1.09 bits per heavy atom. The first-order valence-electron chi connectivity index (χ1n) is 11.1. The number of amides is 4. The number of urea groups is 1. The number of rotatable bonds is 10. The maximum atomic E-state index is 13.3. The van der Waals surface area contributed by atoms with Crippen LogP contribution in [0.4, 0.5) is 16.2 Å². The van der Waals surface area contributed by atoms with E-state index in [2.05, 4.69) is 19.2 Å². The van der Waals surface area contributed by atoms with Crippen LogP contribution in [0.25, 0.3) is 0 Å². The SMILES string of the molecule is CCOc1ccc(NC(=O)C[C@H]2C(=O)N(c3cccc(OC)c3)C(=O)N2CCC(C)C)cc1. The van der Waals surface area contributed by atoms with Crippen molar-refractivity contribution in [2.45, 2.75) is 39.7 Å². The van der Waals surface area contributed by atoms with E-state index in [1.165, 1.54) is 12.0 Å². The van der Waals surface area contributed by atoms with Crippen LogP contribution >= 0.6 is 0 Å². The molecule has 176 valence electrons. The van der Waals surface area contributed by atoms with Crippen LogP contribution in [0.15, 0.2) is 48.5 Å². The van der Waals surface area contributed by atoms with Crippen LogP contribution in [0, 0.1) is 5.92 Å². The minimum atomic E-state index is -0.870. The third kappa shape index (κ3) is 5.83. The smallest absolute Gasteiger partial charge is 0.332 e. The predicted molar refractivity (Wildman–Crippen MR) is 127 cm³/mol. The van der Waals surface area contributed by atoms with Crippen molar-refractivity contribution in [3.8, 4) is 11.5 Å². The van der Waals surface area contributed by atoms with E-state index in [0.717, 1.165) is 11.3 Å². The van der Waals surface area contributed by atoms with E-state index in [9.17, 15) is 14.4 Å². The molecule has 0 radical (unpaired) electrons. The maximum Gasteiger partial charge on any atom is 0.332 e. The molecule has 1 saturated heterocycles. The van der Waals surface area contributed by atoms with Crippen molar-refractivity contribution in [3.05, 3.63) is 48.5 Å². The molecule has 8 nitrogen and oxygen atoms in total. The van der Waals surface area contributed by atoms with Gasteiger partial charge in [-0.2, -0.15) is 0 Å². The number of carbonyl (C=O) groups is 3. The van der Waals surface area contributed by atoms with E-state index in [-0.39, 0.29) is 12.3 Å². The molecule has 3 rings (SSSR count). The molecule has 1 fully saturated rings. The first-order valence-corrected chi connectivity index (χ1v) is 11.1. The van der Waals surface area contributed by atoms with Gasteiger partial charge in [0.05, 0.1) is 25.8 Å². The molecule has 1 N–H and O–H groups in total. The van der Waals surface area contributed by atoms with Crippen LogP contribution in [0.2, 0.25) is 0 Å². The Labute approximate surface area is 194 Å². The van der Waals surface area contributed by atoms with E-state index in [4.69, 9.17) is 9.47 Å². The van der Waals surface area contributed by atoms with Crippen LogP contribution in [0.3, 0.4) is 0 Å². The number of methoxy groups -OCH3 is 1. The molecule has 0 aromatic heterocycles. The van der Waals surface area contributed by atoms with Crippen molar-refractivity contribution in [2.24, 2.45) is 5.92 Å². The summed E-state index contributed by atoms with van der Waals surface area (Å²) in [5.41, 5.74) is 1.02. The Bertz CT molecular complexity index is 990. The van der Waals surface area contributed by atoms with Gasteiger partial charge in [-0.15, -0.1) is 0 Å². The zero-order valence-corrected chi connectivity index (χ0v) is 19.5. The summed E-state index contributed by atoms with van der Waals surface area (Å²) in [6, 6.07) is 12.5. The van der Waals surface area contributed by atoms with E-state index < -0.39 is 18.0 Å². The summed E-state index contributed by atoms with van der Waals surface area (Å²) >= 11 is 0. The minimum Gasteiger partial charge on any atom is -0.497 e. The van der Waals surface area contributed by atoms with Crippen molar-refractivity contribution >= 4 is 29.2 Å². The number of hydrogen-bond donors (Lipinski definition) is 1. The zero-order chi connectivity index (χ0) is 24.0. The number of ether oxygens (including phenoxy) is 2. The van der Waals surface area contributed by atoms with Crippen LogP contribution < -0.4 is 19.7 Å². The lowest BCUT2D eigenvalue weighted by molar-refractivity contribution is -0.124. The minimum absolute atomic E-state index is 0.129. The Balaban J connectivity index is 1.78. The topological polar surface area (TPSA) is 88.2 Å². The highest BCUT2D eigenvalue weighted by Crippen LogP contribution is 2.30. The van der Waals surface area contributed by atoms with Crippen molar-refractivity contribution < 1.29 is 23.9 Å². The Morgan fingerprint density at radius 2 is 1.82 bits per heavy atom. The summed E-state index contributed by atoms with van der Waals surface area (Å²) in [7, 11) is 1.52. The van der Waals surface area contributed by atoms with Gasteiger partial charge in [-0.3, -0.25) is 9.59 Å². The molecule has 0 aliphatic carbocycles. The Kier molecular flexibility index (Phi) is 7.92. The van der Waals surface area contributed by atoms with E-state index in [1.54, 1.807) is 48.5 Å². The first kappa shape index (κ1) is 24.1. The number of imide groups is 1. The normalized spacial score (nSPS) is 15.8. The molecule has 1 atom stereocenters. The molecule has 33 heavy (non-hydrogen) atoms. The number of nitrogens with one attached hydrogen (secondary N) is 1. The van der Waals surface area contributed by atoms with Crippen LogP contribution in [-0.4, -0.2) is 49.0 Å². The number of hydrogen-bond acceptors (Lipinski definition) is 5. The molecular weight excluding hydrogens is 422 g/mol. The summed E-state index contributed by atoms with van der Waals surface area (Å²) in [5, 5.41) is 2.81. The van der Waals surface area contributed by atoms with Gasteiger partial charge in [-0.1, -0.05) is 19.9 Å². The zero-order valence-electron chi connectivity index (χ0n) is 19.5. The van der Waals surface area contributed by atoms with E-state index in [1.807, 2.05) is 6.92 Å².